The molecule has 16 heavy (non-hydrogen) atoms. The van der Waals surface area contributed by atoms with Crippen LogP contribution < -0.4 is 5.32 Å². The van der Waals surface area contributed by atoms with Crippen molar-refractivity contribution in [2.75, 3.05) is 5.32 Å². The summed E-state index contributed by atoms with van der Waals surface area (Å²) >= 11 is 7.96. The number of rotatable bonds is 2. The van der Waals surface area contributed by atoms with E-state index in [0.717, 1.165) is 4.47 Å². The Labute approximate surface area is 104 Å². The minimum atomic E-state index is -0.449. The predicted octanol–water partition coefficient (Wildman–Crippen LogP) is 2.75. The standard InChI is InChI=1S/C9H6BrN3O2S/c10-5-1-3-6(4-2-5)11-7(14)8-12-13-9(16)15-8/h1-4H,(H,11,14)(H,13,16). The highest BCUT2D eigenvalue weighted by molar-refractivity contribution is 9.10. The van der Waals surface area contributed by atoms with Gasteiger partial charge in [0.15, 0.2) is 0 Å². The van der Waals surface area contributed by atoms with Gasteiger partial charge in [-0.3, -0.25) is 4.79 Å². The molecule has 0 saturated heterocycles. The van der Waals surface area contributed by atoms with Gasteiger partial charge in [0.1, 0.15) is 0 Å². The number of carbonyl (C=O) groups excluding carboxylic acids is 1. The molecule has 1 amide bonds. The molecule has 0 unspecified atom stereocenters. The van der Waals surface area contributed by atoms with Crippen LogP contribution in [0.5, 0.6) is 0 Å². The molecule has 5 nitrogen and oxygen atoms in total. The third-order valence-electron chi connectivity index (χ3n) is 1.73. The van der Waals surface area contributed by atoms with Crippen molar-refractivity contribution in [2.24, 2.45) is 0 Å². The normalized spacial score (nSPS) is 10.1. The zero-order chi connectivity index (χ0) is 11.5. The van der Waals surface area contributed by atoms with E-state index in [-0.39, 0.29) is 10.7 Å². The number of H-pyrrole nitrogens is 1. The maximum Gasteiger partial charge on any atom is 0.313 e. The fourth-order valence-electron chi connectivity index (χ4n) is 1.04. The summed E-state index contributed by atoms with van der Waals surface area (Å²) < 4.78 is 5.80. The SMILES string of the molecule is O=C(Nc1ccc(Br)cc1)c1n[nH]c(=S)o1. The highest BCUT2D eigenvalue weighted by atomic mass is 79.9. The summed E-state index contributed by atoms with van der Waals surface area (Å²) in [6.45, 7) is 0. The lowest BCUT2D eigenvalue weighted by molar-refractivity contribution is 0.0989. The van der Waals surface area contributed by atoms with Crippen LogP contribution >= 0.6 is 28.1 Å². The molecule has 2 rings (SSSR count). The Hall–Kier alpha value is -1.47. The number of benzene rings is 1. The monoisotopic (exact) mass is 299 g/mol. The van der Waals surface area contributed by atoms with Gasteiger partial charge in [0.25, 0.3) is 4.84 Å². The second kappa shape index (κ2) is 4.58. The van der Waals surface area contributed by atoms with E-state index in [0.29, 0.717) is 5.69 Å². The van der Waals surface area contributed by atoms with Gasteiger partial charge >= 0.3 is 11.8 Å². The lowest BCUT2D eigenvalue weighted by Gasteiger charge is -2.01. The van der Waals surface area contributed by atoms with Gasteiger partial charge in [0, 0.05) is 10.2 Å². The number of aromatic amines is 1. The van der Waals surface area contributed by atoms with Crippen LogP contribution in [0.3, 0.4) is 0 Å². The summed E-state index contributed by atoms with van der Waals surface area (Å²) in [5.41, 5.74) is 0.650. The number of hydrogen-bond donors (Lipinski definition) is 2. The molecule has 1 aromatic heterocycles. The third kappa shape index (κ3) is 2.56. The molecule has 0 aliphatic heterocycles. The third-order valence-corrected chi connectivity index (χ3v) is 2.44. The fraction of sp³-hybridized carbons (Fsp3) is 0. The Balaban J connectivity index is 2.13. The largest absolute Gasteiger partial charge is 0.405 e. The number of halogens is 1. The topological polar surface area (TPSA) is 70.9 Å². The average Bonchev–Trinajstić information content (AvgIpc) is 2.68. The number of amides is 1. The molecule has 1 heterocycles. The number of hydrogen-bond acceptors (Lipinski definition) is 4. The van der Waals surface area contributed by atoms with Gasteiger partial charge in [-0.15, -0.1) is 5.10 Å². The Bertz CT molecular complexity index is 561. The molecule has 0 atom stereocenters. The smallest absolute Gasteiger partial charge is 0.313 e. The van der Waals surface area contributed by atoms with E-state index < -0.39 is 5.91 Å². The first-order valence-corrected chi connectivity index (χ1v) is 5.48. The van der Waals surface area contributed by atoms with E-state index in [2.05, 4.69) is 43.7 Å². The second-order valence-electron chi connectivity index (χ2n) is 2.88. The number of anilines is 1. The summed E-state index contributed by atoms with van der Waals surface area (Å²) in [5.74, 6) is -0.539. The van der Waals surface area contributed by atoms with Crippen molar-refractivity contribution in [3.63, 3.8) is 0 Å². The second-order valence-corrected chi connectivity index (χ2v) is 4.17. The summed E-state index contributed by atoms with van der Waals surface area (Å²) in [5, 5.41) is 8.60. The molecule has 2 aromatic rings. The van der Waals surface area contributed by atoms with Gasteiger partial charge in [0.2, 0.25) is 0 Å². The minimum absolute atomic E-state index is 0.0703. The van der Waals surface area contributed by atoms with Crippen molar-refractivity contribution in [3.8, 4) is 0 Å². The first-order chi connectivity index (χ1) is 7.65. The summed E-state index contributed by atoms with van der Waals surface area (Å²) in [6, 6.07) is 7.14. The average molecular weight is 300 g/mol. The molecular weight excluding hydrogens is 294 g/mol. The quantitative estimate of drug-likeness (QED) is 0.837. The maximum atomic E-state index is 11.6. The Morgan fingerprint density at radius 3 is 2.69 bits per heavy atom. The van der Waals surface area contributed by atoms with Crippen LogP contribution in [0.4, 0.5) is 5.69 Å². The lowest BCUT2D eigenvalue weighted by Crippen LogP contribution is -2.12. The first-order valence-electron chi connectivity index (χ1n) is 4.27. The van der Waals surface area contributed by atoms with Crippen LogP contribution in [0.15, 0.2) is 33.2 Å². The molecule has 7 heteroatoms. The van der Waals surface area contributed by atoms with Crippen molar-refractivity contribution in [3.05, 3.63) is 39.5 Å². The van der Waals surface area contributed by atoms with Gasteiger partial charge in [-0.25, -0.2) is 5.10 Å². The van der Waals surface area contributed by atoms with Gasteiger partial charge in [0.05, 0.1) is 0 Å². The molecular formula is C9H6BrN3O2S. The predicted molar refractivity (Wildman–Crippen MR) is 63.8 cm³/mol. The van der Waals surface area contributed by atoms with E-state index in [1.165, 1.54) is 0 Å². The van der Waals surface area contributed by atoms with E-state index in [1.807, 2.05) is 12.1 Å². The molecule has 0 aliphatic carbocycles. The van der Waals surface area contributed by atoms with Crippen molar-refractivity contribution in [1.29, 1.82) is 0 Å². The van der Waals surface area contributed by atoms with E-state index >= 15 is 0 Å². The van der Waals surface area contributed by atoms with E-state index in [1.54, 1.807) is 12.1 Å². The molecule has 0 fully saturated rings. The van der Waals surface area contributed by atoms with E-state index in [4.69, 9.17) is 4.42 Å². The summed E-state index contributed by atoms with van der Waals surface area (Å²) in [4.78, 5) is 11.6. The Morgan fingerprint density at radius 2 is 2.12 bits per heavy atom. The number of carbonyl (C=O) groups is 1. The minimum Gasteiger partial charge on any atom is -0.405 e. The van der Waals surface area contributed by atoms with Gasteiger partial charge < -0.3 is 9.73 Å². The molecule has 82 valence electrons. The zero-order valence-electron chi connectivity index (χ0n) is 7.86. The highest BCUT2D eigenvalue weighted by Crippen LogP contribution is 2.14. The maximum absolute atomic E-state index is 11.6. The van der Waals surface area contributed by atoms with Crippen LogP contribution in [0.1, 0.15) is 10.7 Å². The van der Waals surface area contributed by atoms with Crippen LogP contribution in [0.2, 0.25) is 0 Å². The Morgan fingerprint density at radius 1 is 1.44 bits per heavy atom. The van der Waals surface area contributed by atoms with E-state index in [9.17, 15) is 4.79 Å². The van der Waals surface area contributed by atoms with Crippen LogP contribution in [-0.4, -0.2) is 16.1 Å². The molecule has 0 saturated carbocycles. The van der Waals surface area contributed by atoms with Crippen LogP contribution in [0, 0.1) is 4.84 Å². The van der Waals surface area contributed by atoms with Gasteiger partial charge in [-0.05, 0) is 36.5 Å². The Kier molecular flexibility index (Phi) is 3.16. The van der Waals surface area contributed by atoms with Gasteiger partial charge in [-0.1, -0.05) is 15.9 Å². The van der Waals surface area contributed by atoms with Crippen molar-refractivity contribution in [1.82, 2.24) is 10.2 Å². The van der Waals surface area contributed by atoms with Crippen LogP contribution in [0.25, 0.3) is 0 Å². The van der Waals surface area contributed by atoms with Crippen LogP contribution in [-0.2, 0) is 0 Å². The number of nitrogens with one attached hydrogen (secondary N) is 2. The summed E-state index contributed by atoms with van der Waals surface area (Å²) in [7, 11) is 0. The molecule has 0 aliphatic rings. The lowest BCUT2D eigenvalue weighted by atomic mass is 10.3. The fourth-order valence-corrected chi connectivity index (χ4v) is 1.43. The van der Waals surface area contributed by atoms with Gasteiger partial charge in [-0.2, -0.15) is 0 Å². The molecule has 2 N–H and O–H groups in total. The molecule has 1 aromatic carbocycles. The van der Waals surface area contributed by atoms with Crippen molar-refractivity contribution >= 4 is 39.7 Å². The number of aromatic nitrogens is 2. The highest BCUT2D eigenvalue weighted by Gasteiger charge is 2.11. The van der Waals surface area contributed by atoms with Crippen molar-refractivity contribution in [2.45, 2.75) is 0 Å². The molecule has 0 radical (unpaired) electrons. The zero-order valence-corrected chi connectivity index (χ0v) is 10.3. The molecule has 0 bridgehead atoms. The van der Waals surface area contributed by atoms with Crippen molar-refractivity contribution < 1.29 is 9.21 Å². The number of nitrogens with zero attached hydrogens (tertiary/aromatic N) is 1. The molecule has 0 spiro atoms. The first kappa shape index (κ1) is 11.0. The summed E-state index contributed by atoms with van der Waals surface area (Å²) in [6.07, 6.45) is 0.